The summed E-state index contributed by atoms with van der Waals surface area (Å²) in [6.07, 6.45) is 2.75. The molecule has 0 amide bonds. The second-order valence-electron chi connectivity index (χ2n) is 6.27. The summed E-state index contributed by atoms with van der Waals surface area (Å²) >= 11 is 0. The second kappa shape index (κ2) is 5.52. The molecule has 0 spiro atoms. The maximum absolute atomic E-state index is 6.25. The van der Waals surface area contributed by atoms with Gasteiger partial charge in [0.2, 0.25) is 0 Å². The van der Waals surface area contributed by atoms with E-state index in [0.717, 1.165) is 29.6 Å². The van der Waals surface area contributed by atoms with E-state index >= 15 is 0 Å². The van der Waals surface area contributed by atoms with E-state index in [1.54, 1.807) is 0 Å². The number of ether oxygens (including phenoxy) is 1. The summed E-state index contributed by atoms with van der Waals surface area (Å²) in [5, 5.41) is 3.65. The van der Waals surface area contributed by atoms with Crippen LogP contribution >= 0.6 is 0 Å². The highest BCUT2D eigenvalue weighted by atomic mass is 16.5. The summed E-state index contributed by atoms with van der Waals surface area (Å²) in [4.78, 5) is 2.54. The minimum atomic E-state index is 0.143. The molecule has 1 aromatic rings. The zero-order chi connectivity index (χ0) is 14.1. The fraction of sp³-hybridized carbons (Fsp3) is 0.625. The van der Waals surface area contributed by atoms with Gasteiger partial charge in [0.1, 0.15) is 5.75 Å². The minimum absolute atomic E-state index is 0.143. The van der Waals surface area contributed by atoms with Crippen LogP contribution in [0.4, 0.5) is 11.4 Å². The highest BCUT2D eigenvalue weighted by molar-refractivity contribution is 5.73. The molecule has 3 saturated heterocycles. The molecule has 4 rings (SSSR count). The van der Waals surface area contributed by atoms with E-state index in [9.17, 15) is 0 Å². The first-order valence-electron chi connectivity index (χ1n) is 7.67. The number of nitrogens with one attached hydrogen (secondary N) is 1. The summed E-state index contributed by atoms with van der Waals surface area (Å²) in [6, 6.07) is 6.53. The van der Waals surface area contributed by atoms with Crippen LogP contribution in [0.15, 0.2) is 18.2 Å². The second-order valence-corrected chi connectivity index (χ2v) is 6.27. The number of anilines is 2. The van der Waals surface area contributed by atoms with Crippen LogP contribution in [-0.2, 0) is 0 Å². The van der Waals surface area contributed by atoms with Crippen LogP contribution in [0.25, 0.3) is 0 Å². The standard InChI is InChI=1S/C16H25N3O/c1-11(2)20-15-5-3-4-13(16(15)17)18-14-10-19-8-6-12(14)7-9-19/h3-5,11-12,14,18H,6-10,17H2,1-2H3. The van der Waals surface area contributed by atoms with Crippen molar-refractivity contribution in [3.05, 3.63) is 18.2 Å². The fourth-order valence-electron chi connectivity index (χ4n) is 3.35. The Balaban J connectivity index is 1.74. The maximum atomic E-state index is 6.25. The molecule has 4 nitrogen and oxygen atoms in total. The molecule has 3 aliphatic rings. The Kier molecular flexibility index (Phi) is 3.74. The lowest BCUT2D eigenvalue weighted by molar-refractivity contribution is 0.0975. The van der Waals surface area contributed by atoms with Gasteiger partial charge in [-0.05, 0) is 57.8 Å². The summed E-state index contributed by atoms with van der Waals surface area (Å²) in [7, 11) is 0. The third kappa shape index (κ3) is 2.70. The van der Waals surface area contributed by atoms with Gasteiger partial charge in [0.15, 0.2) is 0 Å². The van der Waals surface area contributed by atoms with Crippen molar-refractivity contribution in [2.45, 2.75) is 38.8 Å². The molecule has 20 heavy (non-hydrogen) atoms. The number of hydrogen-bond donors (Lipinski definition) is 2. The molecule has 1 atom stereocenters. The van der Waals surface area contributed by atoms with Gasteiger partial charge in [-0.15, -0.1) is 0 Å². The van der Waals surface area contributed by atoms with E-state index in [-0.39, 0.29) is 6.10 Å². The molecule has 1 unspecified atom stereocenters. The highest BCUT2D eigenvalue weighted by Gasteiger charge is 2.34. The first-order valence-corrected chi connectivity index (χ1v) is 7.67. The number of nitrogen functional groups attached to an aromatic ring is 1. The molecule has 110 valence electrons. The Morgan fingerprint density at radius 1 is 1.30 bits per heavy atom. The van der Waals surface area contributed by atoms with Crippen molar-refractivity contribution in [3.8, 4) is 5.75 Å². The van der Waals surface area contributed by atoms with Gasteiger partial charge >= 0.3 is 0 Å². The third-order valence-electron chi connectivity index (χ3n) is 4.43. The van der Waals surface area contributed by atoms with Gasteiger partial charge in [0, 0.05) is 12.6 Å². The van der Waals surface area contributed by atoms with Crippen molar-refractivity contribution >= 4 is 11.4 Å². The molecule has 0 aliphatic carbocycles. The smallest absolute Gasteiger partial charge is 0.144 e. The van der Waals surface area contributed by atoms with Gasteiger partial charge in [-0.3, -0.25) is 0 Å². The maximum Gasteiger partial charge on any atom is 0.144 e. The van der Waals surface area contributed by atoms with Crippen LogP contribution in [0.2, 0.25) is 0 Å². The number of fused-ring (bicyclic) bond motifs is 3. The molecule has 3 N–H and O–H groups in total. The van der Waals surface area contributed by atoms with Crippen LogP contribution in [0.5, 0.6) is 5.75 Å². The van der Waals surface area contributed by atoms with Gasteiger partial charge in [0.05, 0.1) is 17.5 Å². The Labute approximate surface area is 121 Å². The van der Waals surface area contributed by atoms with E-state index in [4.69, 9.17) is 10.5 Å². The number of rotatable bonds is 4. The van der Waals surface area contributed by atoms with Crippen molar-refractivity contribution < 1.29 is 4.74 Å². The molecule has 0 aromatic heterocycles. The van der Waals surface area contributed by atoms with E-state index in [2.05, 4.69) is 16.3 Å². The SMILES string of the molecule is CC(C)Oc1cccc(NC2CN3CCC2CC3)c1N. The lowest BCUT2D eigenvalue weighted by atomic mass is 9.84. The molecule has 3 heterocycles. The van der Waals surface area contributed by atoms with E-state index in [1.165, 1.54) is 25.9 Å². The van der Waals surface area contributed by atoms with E-state index < -0.39 is 0 Å². The number of para-hydroxylation sites is 1. The average molecular weight is 275 g/mol. The molecule has 2 bridgehead atoms. The monoisotopic (exact) mass is 275 g/mol. The Hall–Kier alpha value is -1.42. The van der Waals surface area contributed by atoms with Gasteiger partial charge in [-0.2, -0.15) is 0 Å². The van der Waals surface area contributed by atoms with Crippen molar-refractivity contribution in [2.24, 2.45) is 5.92 Å². The Bertz CT molecular complexity index is 467. The largest absolute Gasteiger partial charge is 0.489 e. The number of nitrogens with two attached hydrogens (primary N) is 1. The lowest BCUT2D eigenvalue weighted by Crippen LogP contribution is -2.53. The van der Waals surface area contributed by atoms with Crippen LogP contribution in [0.3, 0.4) is 0 Å². The number of benzene rings is 1. The summed E-state index contributed by atoms with van der Waals surface area (Å²) < 4.78 is 5.76. The first kappa shape index (κ1) is 13.6. The predicted molar refractivity (Wildman–Crippen MR) is 83.2 cm³/mol. The van der Waals surface area contributed by atoms with Crippen LogP contribution < -0.4 is 15.8 Å². The highest BCUT2D eigenvalue weighted by Crippen LogP contribution is 2.34. The molecular formula is C16H25N3O. The van der Waals surface area contributed by atoms with Gasteiger partial charge in [-0.1, -0.05) is 6.07 Å². The Morgan fingerprint density at radius 3 is 2.65 bits per heavy atom. The Morgan fingerprint density at radius 2 is 2.05 bits per heavy atom. The number of hydrogen-bond acceptors (Lipinski definition) is 4. The topological polar surface area (TPSA) is 50.5 Å². The predicted octanol–water partition coefficient (Wildman–Crippen LogP) is 2.56. The molecule has 0 radical (unpaired) electrons. The summed E-state index contributed by atoms with van der Waals surface area (Å²) in [5.41, 5.74) is 8.00. The van der Waals surface area contributed by atoms with E-state index in [0.29, 0.717) is 6.04 Å². The molecule has 0 saturated carbocycles. The summed E-state index contributed by atoms with van der Waals surface area (Å²) in [6.45, 7) is 7.70. The zero-order valence-corrected chi connectivity index (χ0v) is 12.4. The van der Waals surface area contributed by atoms with Crippen LogP contribution in [-0.4, -0.2) is 36.7 Å². The molecule has 4 heteroatoms. The van der Waals surface area contributed by atoms with Crippen molar-refractivity contribution in [1.29, 1.82) is 0 Å². The van der Waals surface area contributed by atoms with Crippen LogP contribution in [0.1, 0.15) is 26.7 Å². The lowest BCUT2D eigenvalue weighted by Gasteiger charge is -2.45. The normalized spacial score (nSPS) is 28.6. The number of nitrogens with zero attached hydrogens (tertiary/aromatic N) is 1. The minimum Gasteiger partial charge on any atom is -0.489 e. The fourth-order valence-corrected chi connectivity index (χ4v) is 3.35. The van der Waals surface area contributed by atoms with Gasteiger partial charge in [-0.25, -0.2) is 0 Å². The quantitative estimate of drug-likeness (QED) is 0.829. The molecular weight excluding hydrogens is 250 g/mol. The molecule has 3 fully saturated rings. The zero-order valence-electron chi connectivity index (χ0n) is 12.4. The van der Waals surface area contributed by atoms with Crippen LogP contribution in [0, 0.1) is 5.92 Å². The third-order valence-corrected chi connectivity index (χ3v) is 4.43. The van der Waals surface area contributed by atoms with Gasteiger partial charge in [0.25, 0.3) is 0 Å². The van der Waals surface area contributed by atoms with Crippen molar-refractivity contribution in [3.63, 3.8) is 0 Å². The van der Waals surface area contributed by atoms with Crippen molar-refractivity contribution in [2.75, 3.05) is 30.7 Å². The number of piperidine rings is 3. The van der Waals surface area contributed by atoms with Gasteiger partial charge < -0.3 is 20.7 Å². The summed E-state index contributed by atoms with van der Waals surface area (Å²) in [5.74, 6) is 1.57. The average Bonchev–Trinajstić information content (AvgIpc) is 2.44. The van der Waals surface area contributed by atoms with E-state index in [1.807, 2.05) is 26.0 Å². The molecule has 1 aromatic carbocycles. The van der Waals surface area contributed by atoms with Crippen molar-refractivity contribution in [1.82, 2.24) is 4.90 Å². The molecule has 3 aliphatic heterocycles. The first-order chi connectivity index (χ1) is 9.63.